The van der Waals surface area contributed by atoms with E-state index in [2.05, 4.69) is 48.6 Å². The van der Waals surface area contributed by atoms with Crippen molar-refractivity contribution in [2.45, 2.75) is 64.2 Å². The second kappa shape index (κ2) is 8.49. The molecule has 1 aromatic rings. The highest BCUT2D eigenvalue weighted by Gasteiger charge is 2.34. The van der Waals surface area contributed by atoms with Crippen LogP contribution in [0.25, 0.3) is 0 Å². The number of amides is 2. The first-order valence-corrected chi connectivity index (χ1v) is 8.90. The van der Waals surface area contributed by atoms with Gasteiger partial charge < -0.3 is 15.7 Å². The number of hydrogen-bond acceptors (Lipinski definition) is 3. The average Bonchev–Trinajstić information content (AvgIpc) is 3.03. The second-order valence-electron chi connectivity index (χ2n) is 7.23. The summed E-state index contributed by atoms with van der Waals surface area (Å²) < 4.78 is 0. The number of urea groups is 1. The van der Waals surface area contributed by atoms with Crippen LogP contribution in [0.2, 0.25) is 0 Å². The van der Waals surface area contributed by atoms with Crippen molar-refractivity contribution in [3.8, 4) is 0 Å². The minimum atomic E-state index is -0.429. The van der Waals surface area contributed by atoms with Gasteiger partial charge in [0.25, 0.3) is 0 Å². The zero-order valence-electron chi connectivity index (χ0n) is 15.1. The summed E-state index contributed by atoms with van der Waals surface area (Å²) in [4.78, 5) is 14.5. The molecule has 0 bridgehead atoms. The third-order valence-corrected chi connectivity index (χ3v) is 5.10. The van der Waals surface area contributed by atoms with Crippen molar-refractivity contribution in [1.29, 1.82) is 0 Å². The molecule has 24 heavy (non-hydrogen) atoms. The molecule has 134 valence electrons. The smallest absolute Gasteiger partial charge is 0.315 e. The molecule has 0 saturated heterocycles. The van der Waals surface area contributed by atoms with E-state index in [4.69, 9.17) is 0 Å². The quantitative estimate of drug-likeness (QED) is 0.719. The summed E-state index contributed by atoms with van der Waals surface area (Å²) in [6.45, 7) is 5.71. The maximum atomic E-state index is 12.2. The van der Waals surface area contributed by atoms with Crippen LogP contribution in [-0.2, 0) is 13.1 Å². The zero-order valence-corrected chi connectivity index (χ0v) is 15.1. The average molecular weight is 333 g/mol. The lowest BCUT2D eigenvalue weighted by Gasteiger charge is -2.28. The van der Waals surface area contributed by atoms with Gasteiger partial charge in [-0.1, -0.05) is 37.1 Å². The predicted octanol–water partition coefficient (Wildman–Crippen LogP) is 2.63. The van der Waals surface area contributed by atoms with Gasteiger partial charge in [-0.25, -0.2) is 4.79 Å². The largest absolute Gasteiger partial charge is 0.394 e. The Bertz CT molecular complexity index is 539. The van der Waals surface area contributed by atoms with Crippen LogP contribution in [0.3, 0.4) is 0 Å². The van der Waals surface area contributed by atoms with Gasteiger partial charge in [0.2, 0.25) is 0 Å². The molecule has 2 rings (SSSR count). The van der Waals surface area contributed by atoms with Gasteiger partial charge in [0.15, 0.2) is 0 Å². The molecular weight excluding hydrogens is 302 g/mol. The number of aliphatic hydroxyl groups excluding tert-OH is 1. The maximum Gasteiger partial charge on any atom is 0.315 e. The number of nitrogens with zero attached hydrogens (tertiary/aromatic N) is 1. The molecule has 0 aliphatic heterocycles. The number of rotatable bonds is 7. The molecule has 5 heteroatoms. The molecule has 1 aliphatic rings. The Morgan fingerprint density at radius 1 is 1.25 bits per heavy atom. The third kappa shape index (κ3) is 4.95. The van der Waals surface area contributed by atoms with Crippen molar-refractivity contribution in [2.24, 2.45) is 0 Å². The first kappa shape index (κ1) is 18.7. The van der Waals surface area contributed by atoms with Crippen LogP contribution < -0.4 is 10.6 Å². The van der Waals surface area contributed by atoms with E-state index in [1.165, 1.54) is 5.56 Å². The lowest BCUT2D eigenvalue weighted by Crippen LogP contribution is -2.52. The van der Waals surface area contributed by atoms with Gasteiger partial charge >= 0.3 is 6.03 Å². The second-order valence-corrected chi connectivity index (χ2v) is 7.23. The van der Waals surface area contributed by atoms with Crippen molar-refractivity contribution in [1.82, 2.24) is 15.5 Å². The Morgan fingerprint density at radius 3 is 2.46 bits per heavy atom. The molecule has 0 aromatic heterocycles. The van der Waals surface area contributed by atoms with Crippen LogP contribution in [0.15, 0.2) is 24.3 Å². The lowest BCUT2D eigenvalue weighted by atomic mass is 9.99. The molecule has 0 atom stereocenters. The number of carbonyl (C=O) groups is 1. The van der Waals surface area contributed by atoms with Crippen molar-refractivity contribution in [3.05, 3.63) is 35.4 Å². The summed E-state index contributed by atoms with van der Waals surface area (Å²) >= 11 is 0. The molecule has 1 fully saturated rings. The van der Waals surface area contributed by atoms with E-state index < -0.39 is 5.54 Å². The molecule has 0 spiro atoms. The Labute approximate surface area is 145 Å². The van der Waals surface area contributed by atoms with E-state index in [1.807, 2.05) is 12.1 Å². The highest BCUT2D eigenvalue weighted by atomic mass is 16.3. The number of benzene rings is 1. The van der Waals surface area contributed by atoms with E-state index in [1.54, 1.807) is 0 Å². The van der Waals surface area contributed by atoms with Crippen molar-refractivity contribution in [2.75, 3.05) is 13.7 Å². The van der Waals surface area contributed by atoms with Gasteiger partial charge in [-0.05, 0) is 44.9 Å². The fraction of sp³-hybridized carbons (Fsp3) is 0.632. The first-order chi connectivity index (χ1) is 11.5. The highest BCUT2D eigenvalue weighted by Crippen LogP contribution is 2.28. The molecule has 1 aromatic carbocycles. The van der Waals surface area contributed by atoms with Crippen LogP contribution >= 0.6 is 0 Å². The number of hydrogen-bond donors (Lipinski definition) is 3. The number of nitrogens with one attached hydrogen (secondary N) is 2. The molecule has 0 unspecified atom stereocenters. The summed E-state index contributed by atoms with van der Waals surface area (Å²) in [5.41, 5.74) is 1.93. The van der Waals surface area contributed by atoms with Gasteiger partial charge in [-0.3, -0.25) is 4.90 Å². The summed E-state index contributed by atoms with van der Waals surface area (Å²) in [6, 6.07) is 8.48. The third-order valence-electron chi connectivity index (χ3n) is 5.10. The molecule has 0 heterocycles. The van der Waals surface area contributed by atoms with Gasteiger partial charge in [-0.15, -0.1) is 0 Å². The van der Waals surface area contributed by atoms with Gasteiger partial charge in [0.1, 0.15) is 0 Å². The summed E-state index contributed by atoms with van der Waals surface area (Å²) in [6.07, 6.45) is 3.83. The fourth-order valence-corrected chi connectivity index (χ4v) is 3.17. The molecule has 1 saturated carbocycles. The number of carbonyl (C=O) groups excluding carboxylic acids is 1. The zero-order chi connectivity index (χ0) is 17.6. The molecule has 5 nitrogen and oxygen atoms in total. The number of aliphatic hydroxyl groups is 1. The summed E-state index contributed by atoms with van der Waals surface area (Å²) in [7, 11) is 2.10. The Balaban J connectivity index is 1.93. The van der Waals surface area contributed by atoms with Crippen molar-refractivity contribution < 1.29 is 9.90 Å². The normalized spacial score (nSPS) is 16.6. The minimum absolute atomic E-state index is 0.0101. The van der Waals surface area contributed by atoms with E-state index in [-0.39, 0.29) is 12.6 Å². The highest BCUT2D eigenvalue weighted by molar-refractivity contribution is 5.75. The van der Waals surface area contributed by atoms with E-state index in [9.17, 15) is 9.90 Å². The van der Waals surface area contributed by atoms with Crippen LogP contribution in [0, 0.1) is 0 Å². The lowest BCUT2D eigenvalue weighted by molar-refractivity contribution is 0.162. The molecule has 0 radical (unpaired) electrons. The van der Waals surface area contributed by atoms with Gasteiger partial charge in [0, 0.05) is 19.1 Å². The van der Waals surface area contributed by atoms with Crippen molar-refractivity contribution >= 4 is 6.03 Å². The minimum Gasteiger partial charge on any atom is -0.394 e. The van der Waals surface area contributed by atoms with E-state index in [0.717, 1.165) is 37.8 Å². The van der Waals surface area contributed by atoms with Gasteiger partial charge in [-0.2, -0.15) is 0 Å². The topological polar surface area (TPSA) is 64.6 Å². The molecule has 3 N–H and O–H groups in total. The van der Waals surface area contributed by atoms with E-state index in [0.29, 0.717) is 12.6 Å². The van der Waals surface area contributed by atoms with E-state index >= 15 is 0 Å². The van der Waals surface area contributed by atoms with Crippen molar-refractivity contribution in [3.63, 3.8) is 0 Å². The summed E-state index contributed by atoms with van der Waals surface area (Å²) in [5.74, 6) is 0. The standard InChI is InChI=1S/C19H31N3O2/c1-15(2)22(3)13-17-9-5-4-8-16(17)12-20-18(24)21-19(14-23)10-6-7-11-19/h4-5,8-9,15,23H,6-7,10-14H2,1-3H3,(H2,20,21,24). The SMILES string of the molecule is CC(C)N(C)Cc1ccccc1CNC(=O)NC1(CO)CCCC1. The van der Waals surface area contributed by atoms with Gasteiger partial charge in [0.05, 0.1) is 12.1 Å². The van der Waals surface area contributed by atoms with Crippen LogP contribution in [-0.4, -0.2) is 41.3 Å². The molecular formula is C19H31N3O2. The Kier molecular flexibility index (Phi) is 6.63. The monoisotopic (exact) mass is 333 g/mol. The predicted molar refractivity (Wildman–Crippen MR) is 96.7 cm³/mol. The molecule has 2 amide bonds. The maximum absolute atomic E-state index is 12.2. The fourth-order valence-electron chi connectivity index (χ4n) is 3.17. The van der Waals surface area contributed by atoms with Crippen LogP contribution in [0.1, 0.15) is 50.7 Å². The Morgan fingerprint density at radius 2 is 1.88 bits per heavy atom. The first-order valence-electron chi connectivity index (χ1n) is 8.90. The summed E-state index contributed by atoms with van der Waals surface area (Å²) in [5, 5.41) is 15.5. The van der Waals surface area contributed by atoms with Crippen LogP contribution in [0.4, 0.5) is 4.79 Å². The molecule has 1 aliphatic carbocycles. The van der Waals surface area contributed by atoms with Crippen LogP contribution in [0.5, 0.6) is 0 Å². The Hall–Kier alpha value is -1.59.